The van der Waals surface area contributed by atoms with Crippen molar-refractivity contribution in [1.82, 2.24) is 0 Å². The maximum absolute atomic E-state index is 10.9. The number of hydrogen-bond donors (Lipinski definition) is 0. The van der Waals surface area contributed by atoms with Crippen molar-refractivity contribution in [3.8, 4) is 5.75 Å². The summed E-state index contributed by atoms with van der Waals surface area (Å²) in [6.45, 7) is 0.0659. The lowest BCUT2D eigenvalue weighted by Crippen LogP contribution is -2.12. The summed E-state index contributed by atoms with van der Waals surface area (Å²) in [6, 6.07) is 3.21. The highest BCUT2D eigenvalue weighted by Gasteiger charge is 2.10. The quantitative estimate of drug-likeness (QED) is 0.730. The van der Waals surface area contributed by atoms with Gasteiger partial charge >= 0.3 is 0 Å². The van der Waals surface area contributed by atoms with E-state index in [4.69, 9.17) is 4.74 Å². The van der Waals surface area contributed by atoms with Crippen molar-refractivity contribution in [2.24, 2.45) is 0 Å². The molecule has 0 saturated heterocycles. The maximum atomic E-state index is 10.9. The number of halogens is 2. The summed E-state index contributed by atoms with van der Waals surface area (Å²) in [5.74, 6) is 0.431. The van der Waals surface area contributed by atoms with E-state index in [2.05, 4.69) is 31.9 Å². The van der Waals surface area contributed by atoms with Gasteiger partial charge in [0.25, 0.3) is 0 Å². The van der Waals surface area contributed by atoms with Crippen molar-refractivity contribution < 1.29 is 17.9 Å². The summed E-state index contributed by atoms with van der Waals surface area (Å²) in [5.41, 5.74) is 0.499. The van der Waals surface area contributed by atoms with Gasteiger partial charge in [-0.05, 0) is 44.0 Å². The molecule has 0 radical (unpaired) electrons. The maximum Gasteiger partial charge on any atom is 0.150 e. The third kappa shape index (κ3) is 4.77. The van der Waals surface area contributed by atoms with Crippen LogP contribution in [0, 0.1) is 0 Å². The molecular formula is C10H10Br2O4S. The largest absolute Gasteiger partial charge is 0.490 e. The summed E-state index contributed by atoms with van der Waals surface area (Å²) in [5, 5.41) is 0. The number of benzene rings is 1. The highest BCUT2D eigenvalue weighted by atomic mass is 79.9. The van der Waals surface area contributed by atoms with Crippen molar-refractivity contribution >= 4 is 48.0 Å². The lowest BCUT2D eigenvalue weighted by Gasteiger charge is -2.10. The van der Waals surface area contributed by atoms with Gasteiger partial charge < -0.3 is 4.74 Å². The Labute approximate surface area is 117 Å². The Bertz CT molecular complexity index is 502. The summed E-state index contributed by atoms with van der Waals surface area (Å²) in [4.78, 5) is 10.6. The Morgan fingerprint density at radius 2 is 1.82 bits per heavy atom. The SMILES string of the molecule is CS(=O)(=O)CCOc1c(Br)cc(C=O)cc1Br. The molecule has 0 atom stereocenters. The highest BCUT2D eigenvalue weighted by Crippen LogP contribution is 2.34. The van der Waals surface area contributed by atoms with E-state index in [0.29, 0.717) is 20.3 Å². The Balaban J connectivity index is 2.82. The third-order valence-electron chi connectivity index (χ3n) is 1.86. The zero-order valence-corrected chi connectivity index (χ0v) is 12.9. The molecule has 0 aliphatic rings. The van der Waals surface area contributed by atoms with E-state index in [1.165, 1.54) is 0 Å². The Morgan fingerprint density at radius 3 is 2.24 bits per heavy atom. The summed E-state index contributed by atoms with van der Waals surface area (Å²) >= 11 is 6.51. The Morgan fingerprint density at radius 1 is 1.29 bits per heavy atom. The molecular weight excluding hydrogens is 376 g/mol. The molecule has 94 valence electrons. The molecule has 0 aromatic heterocycles. The van der Waals surface area contributed by atoms with Crippen LogP contribution >= 0.6 is 31.9 Å². The van der Waals surface area contributed by atoms with Gasteiger partial charge in [-0.3, -0.25) is 4.79 Å². The molecule has 4 nitrogen and oxygen atoms in total. The molecule has 0 unspecified atom stereocenters. The number of rotatable bonds is 5. The number of carbonyl (C=O) groups is 1. The first-order chi connectivity index (χ1) is 7.83. The molecule has 0 saturated carbocycles. The molecule has 0 spiro atoms. The van der Waals surface area contributed by atoms with Crippen LogP contribution in [0.4, 0.5) is 0 Å². The zero-order chi connectivity index (χ0) is 13.1. The van der Waals surface area contributed by atoms with Crippen molar-refractivity contribution in [1.29, 1.82) is 0 Å². The standard InChI is InChI=1S/C10H10Br2O4S/c1-17(14,15)3-2-16-10-8(11)4-7(6-13)5-9(10)12/h4-6H,2-3H2,1H3. The van der Waals surface area contributed by atoms with Crippen LogP contribution in [0.3, 0.4) is 0 Å². The van der Waals surface area contributed by atoms with Gasteiger partial charge in [-0.25, -0.2) is 8.42 Å². The zero-order valence-electron chi connectivity index (χ0n) is 8.94. The number of sulfone groups is 1. The second kappa shape index (κ2) is 5.97. The van der Waals surface area contributed by atoms with E-state index in [0.717, 1.165) is 12.5 Å². The molecule has 0 fully saturated rings. The van der Waals surface area contributed by atoms with E-state index >= 15 is 0 Å². The number of carbonyl (C=O) groups excluding carboxylic acids is 1. The van der Waals surface area contributed by atoms with Gasteiger partial charge in [0, 0.05) is 11.8 Å². The van der Waals surface area contributed by atoms with Crippen LogP contribution in [-0.2, 0) is 9.84 Å². The van der Waals surface area contributed by atoms with Gasteiger partial charge in [-0.2, -0.15) is 0 Å². The topological polar surface area (TPSA) is 60.4 Å². The van der Waals surface area contributed by atoms with Crippen molar-refractivity contribution in [3.63, 3.8) is 0 Å². The fraction of sp³-hybridized carbons (Fsp3) is 0.300. The average Bonchev–Trinajstić information content (AvgIpc) is 2.20. The summed E-state index contributed by atoms with van der Waals surface area (Å²) < 4.78 is 28.4. The minimum Gasteiger partial charge on any atom is -0.490 e. The van der Waals surface area contributed by atoms with Crippen LogP contribution in [0.15, 0.2) is 21.1 Å². The minimum atomic E-state index is -3.04. The molecule has 0 aliphatic heterocycles. The first kappa shape index (κ1) is 14.7. The average molecular weight is 386 g/mol. The van der Waals surface area contributed by atoms with Crippen LogP contribution in [0.25, 0.3) is 0 Å². The van der Waals surface area contributed by atoms with E-state index in [1.807, 2.05) is 0 Å². The van der Waals surface area contributed by atoms with Crippen molar-refractivity contribution in [2.75, 3.05) is 18.6 Å². The molecule has 7 heteroatoms. The monoisotopic (exact) mass is 384 g/mol. The fourth-order valence-corrected chi connectivity index (χ4v) is 2.92. The molecule has 0 N–H and O–H groups in total. The first-order valence-electron chi connectivity index (χ1n) is 4.58. The second-order valence-electron chi connectivity index (χ2n) is 3.41. The van der Waals surface area contributed by atoms with E-state index in [1.54, 1.807) is 12.1 Å². The molecule has 1 aromatic rings. The number of aldehydes is 1. The highest BCUT2D eigenvalue weighted by molar-refractivity contribution is 9.11. The van der Waals surface area contributed by atoms with Gasteiger partial charge in [0.05, 0.1) is 14.7 Å². The molecule has 0 aliphatic carbocycles. The third-order valence-corrected chi connectivity index (χ3v) is 3.94. The summed E-state index contributed by atoms with van der Waals surface area (Å²) in [6.07, 6.45) is 1.87. The predicted molar refractivity (Wildman–Crippen MR) is 72.4 cm³/mol. The lowest BCUT2D eigenvalue weighted by atomic mass is 10.2. The van der Waals surface area contributed by atoms with E-state index in [-0.39, 0.29) is 12.4 Å². The minimum absolute atomic E-state index is 0.0543. The summed E-state index contributed by atoms with van der Waals surface area (Å²) in [7, 11) is -3.04. The predicted octanol–water partition coefficient (Wildman–Crippen LogP) is 2.45. The number of hydrogen-bond acceptors (Lipinski definition) is 4. The van der Waals surface area contributed by atoms with Crippen LogP contribution in [-0.4, -0.2) is 33.3 Å². The molecule has 17 heavy (non-hydrogen) atoms. The first-order valence-corrected chi connectivity index (χ1v) is 8.23. The van der Waals surface area contributed by atoms with E-state index in [9.17, 15) is 13.2 Å². The van der Waals surface area contributed by atoms with Crippen LogP contribution in [0.1, 0.15) is 10.4 Å². The second-order valence-corrected chi connectivity index (χ2v) is 7.38. The molecule has 0 heterocycles. The van der Waals surface area contributed by atoms with Crippen LogP contribution < -0.4 is 4.74 Å². The Hall–Kier alpha value is -0.400. The van der Waals surface area contributed by atoms with E-state index < -0.39 is 9.84 Å². The van der Waals surface area contributed by atoms with Gasteiger partial charge in [0.2, 0.25) is 0 Å². The van der Waals surface area contributed by atoms with Gasteiger partial charge in [0.1, 0.15) is 18.6 Å². The molecule has 1 aromatic carbocycles. The smallest absolute Gasteiger partial charge is 0.150 e. The van der Waals surface area contributed by atoms with Crippen LogP contribution in [0.2, 0.25) is 0 Å². The van der Waals surface area contributed by atoms with Crippen molar-refractivity contribution in [3.05, 3.63) is 26.6 Å². The van der Waals surface area contributed by atoms with Gasteiger partial charge in [0.15, 0.2) is 9.84 Å². The normalized spacial score (nSPS) is 11.2. The van der Waals surface area contributed by atoms with Gasteiger partial charge in [-0.1, -0.05) is 0 Å². The lowest BCUT2D eigenvalue weighted by molar-refractivity contribution is 0.112. The van der Waals surface area contributed by atoms with Gasteiger partial charge in [-0.15, -0.1) is 0 Å². The Kier molecular flexibility index (Phi) is 5.15. The molecule has 1 rings (SSSR count). The molecule has 0 amide bonds. The molecule has 0 bridgehead atoms. The van der Waals surface area contributed by atoms with Crippen molar-refractivity contribution in [2.45, 2.75) is 0 Å². The number of ether oxygens (including phenoxy) is 1. The fourth-order valence-electron chi connectivity index (χ4n) is 1.08. The van der Waals surface area contributed by atoms with Crippen LogP contribution in [0.5, 0.6) is 5.75 Å².